The zero-order valence-electron chi connectivity index (χ0n) is 21.0. The van der Waals surface area contributed by atoms with E-state index in [1.807, 2.05) is 6.92 Å². The summed E-state index contributed by atoms with van der Waals surface area (Å²) in [4.78, 5) is 22.2. The largest absolute Gasteiger partial charge is 0.476 e. The van der Waals surface area contributed by atoms with E-state index >= 15 is 0 Å². The maximum atomic E-state index is 13.4. The molecule has 32 heavy (non-hydrogen) atoms. The molecule has 0 fully saturated rings. The standard InChI is InChI=1S/C24H47O7P/c1-6-11-13-20(8-3)17-29-32(28,30-18-21(9-4)14-12-7-2)31-19-22(10-5)15-16-23(25)24(26)27/h20-22H,6-19H2,1-5H3,(H,26,27). The summed E-state index contributed by atoms with van der Waals surface area (Å²) in [6.45, 7) is 11.2. The fraction of sp³-hybridized carbons (Fsp3) is 0.917. The number of phosphoric ester groups is 1. The van der Waals surface area contributed by atoms with E-state index < -0.39 is 19.6 Å². The SMILES string of the molecule is CCCCC(CC)COP(=O)(OCC(CC)CCCC)OCC(CC)CCC(=O)C(=O)O. The zero-order valence-corrected chi connectivity index (χ0v) is 21.9. The third kappa shape index (κ3) is 14.4. The van der Waals surface area contributed by atoms with Crippen LogP contribution in [0.5, 0.6) is 0 Å². The lowest BCUT2D eigenvalue weighted by atomic mass is 10.00. The van der Waals surface area contributed by atoms with Crippen molar-refractivity contribution in [1.82, 2.24) is 0 Å². The number of carboxylic acids is 1. The van der Waals surface area contributed by atoms with Crippen molar-refractivity contribution >= 4 is 19.6 Å². The van der Waals surface area contributed by atoms with E-state index in [-0.39, 0.29) is 18.9 Å². The van der Waals surface area contributed by atoms with Crippen LogP contribution in [0.2, 0.25) is 0 Å². The number of aliphatic carboxylic acids is 1. The fourth-order valence-electron chi connectivity index (χ4n) is 3.35. The number of hydrogen-bond donors (Lipinski definition) is 1. The number of phosphoric acid groups is 1. The van der Waals surface area contributed by atoms with Gasteiger partial charge in [0.05, 0.1) is 19.8 Å². The Bertz CT molecular complexity index is 528. The highest BCUT2D eigenvalue weighted by molar-refractivity contribution is 7.48. The van der Waals surface area contributed by atoms with Gasteiger partial charge in [0.15, 0.2) is 0 Å². The highest BCUT2D eigenvalue weighted by Crippen LogP contribution is 2.51. The second kappa shape index (κ2) is 18.7. The predicted octanol–water partition coefficient (Wildman–Crippen LogP) is 7.04. The molecule has 0 aliphatic carbocycles. The minimum Gasteiger partial charge on any atom is -0.476 e. The molecule has 3 atom stereocenters. The van der Waals surface area contributed by atoms with Gasteiger partial charge in [-0.2, -0.15) is 0 Å². The molecule has 0 saturated carbocycles. The smallest absolute Gasteiger partial charge is 0.474 e. The summed E-state index contributed by atoms with van der Waals surface area (Å²) < 4.78 is 30.7. The van der Waals surface area contributed by atoms with E-state index in [0.29, 0.717) is 37.9 Å². The van der Waals surface area contributed by atoms with Gasteiger partial charge in [-0.15, -0.1) is 0 Å². The quantitative estimate of drug-likeness (QED) is 0.132. The normalized spacial score (nSPS) is 16.3. The average molecular weight is 479 g/mol. The Morgan fingerprint density at radius 2 is 1.09 bits per heavy atom. The van der Waals surface area contributed by atoms with Gasteiger partial charge in [-0.05, 0) is 37.0 Å². The van der Waals surface area contributed by atoms with E-state index in [9.17, 15) is 14.2 Å². The maximum absolute atomic E-state index is 13.4. The molecule has 0 heterocycles. The highest BCUT2D eigenvalue weighted by Gasteiger charge is 2.30. The second-order valence-electron chi connectivity index (χ2n) is 8.71. The van der Waals surface area contributed by atoms with E-state index in [2.05, 4.69) is 27.7 Å². The minimum atomic E-state index is -3.75. The second-order valence-corrected chi connectivity index (χ2v) is 10.4. The van der Waals surface area contributed by atoms with Crippen molar-refractivity contribution in [3.05, 3.63) is 0 Å². The first-order valence-corrected chi connectivity index (χ1v) is 14.0. The molecule has 0 aliphatic rings. The summed E-state index contributed by atoms with van der Waals surface area (Å²) in [6.07, 6.45) is 9.26. The van der Waals surface area contributed by atoms with Gasteiger partial charge >= 0.3 is 13.8 Å². The lowest BCUT2D eigenvalue weighted by Gasteiger charge is -2.25. The molecule has 7 nitrogen and oxygen atoms in total. The Hall–Kier alpha value is -0.750. The van der Waals surface area contributed by atoms with Gasteiger partial charge in [-0.25, -0.2) is 9.36 Å². The van der Waals surface area contributed by atoms with Gasteiger partial charge < -0.3 is 5.11 Å². The summed E-state index contributed by atoms with van der Waals surface area (Å²) in [5.41, 5.74) is 0. The predicted molar refractivity (Wildman–Crippen MR) is 128 cm³/mol. The van der Waals surface area contributed by atoms with Crippen LogP contribution >= 0.6 is 7.82 Å². The van der Waals surface area contributed by atoms with Crippen molar-refractivity contribution in [3.8, 4) is 0 Å². The van der Waals surface area contributed by atoms with Crippen LogP contribution in [0.4, 0.5) is 0 Å². The first kappa shape index (κ1) is 31.2. The van der Waals surface area contributed by atoms with Gasteiger partial charge in [0.2, 0.25) is 5.78 Å². The van der Waals surface area contributed by atoms with Gasteiger partial charge in [0.25, 0.3) is 0 Å². The van der Waals surface area contributed by atoms with E-state index in [4.69, 9.17) is 18.7 Å². The number of rotatable bonds is 22. The molecule has 0 bridgehead atoms. The summed E-state index contributed by atoms with van der Waals surface area (Å²) in [5.74, 6) is -1.74. The molecule has 3 unspecified atom stereocenters. The molecule has 0 spiro atoms. The fourth-order valence-corrected chi connectivity index (χ4v) is 4.75. The number of ketones is 1. The van der Waals surface area contributed by atoms with Crippen LogP contribution in [-0.4, -0.2) is 36.7 Å². The molecule has 0 aromatic rings. The summed E-state index contributed by atoms with van der Waals surface area (Å²) in [7, 11) is -3.75. The summed E-state index contributed by atoms with van der Waals surface area (Å²) in [6, 6.07) is 0. The van der Waals surface area contributed by atoms with E-state index in [1.54, 1.807) is 0 Å². The Labute approximate surface area is 195 Å². The Morgan fingerprint density at radius 1 is 0.719 bits per heavy atom. The van der Waals surface area contributed by atoms with Gasteiger partial charge in [0.1, 0.15) is 0 Å². The van der Waals surface area contributed by atoms with Crippen LogP contribution in [0, 0.1) is 17.8 Å². The highest BCUT2D eigenvalue weighted by atomic mass is 31.2. The Morgan fingerprint density at radius 3 is 1.41 bits per heavy atom. The third-order valence-corrected chi connectivity index (χ3v) is 7.48. The number of Topliss-reactive ketones (excluding diaryl/α,β-unsaturated/α-hetero) is 1. The van der Waals surface area contributed by atoms with Crippen LogP contribution in [0.15, 0.2) is 0 Å². The monoisotopic (exact) mass is 478 g/mol. The van der Waals surface area contributed by atoms with Gasteiger partial charge in [-0.3, -0.25) is 18.4 Å². The average Bonchev–Trinajstić information content (AvgIpc) is 2.79. The van der Waals surface area contributed by atoms with Crippen LogP contribution < -0.4 is 0 Å². The minimum absolute atomic E-state index is 0.0624. The van der Waals surface area contributed by atoms with Crippen molar-refractivity contribution < 1.29 is 32.8 Å². The maximum Gasteiger partial charge on any atom is 0.474 e. The van der Waals surface area contributed by atoms with E-state index in [1.165, 1.54) is 0 Å². The molecule has 0 aromatic heterocycles. The van der Waals surface area contributed by atoms with Gasteiger partial charge in [-0.1, -0.05) is 79.6 Å². The van der Waals surface area contributed by atoms with Crippen molar-refractivity contribution in [2.75, 3.05) is 19.8 Å². The number of carbonyl (C=O) groups is 2. The molecular weight excluding hydrogens is 431 g/mol. The number of carboxylic acid groups (broad SMARTS) is 1. The molecule has 0 aliphatic heterocycles. The first-order valence-electron chi connectivity index (χ1n) is 12.5. The molecule has 0 radical (unpaired) electrons. The molecule has 8 heteroatoms. The van der Waals surface area contributed by atoms with Crippen molar-refractivity contribution in [2.45, 2.75) is 105 Å². The topological polar surface area (TPSA) is 99.1 Å². The third-order valence-electron chi connectivity index (χ3n) is 6.09. The van der Waals surface area contributed by atoms with Crippen LogP contribution in [0.25, 0.3) is 0 Å². The summed E-state index contributed by atoms with van der Waals surface area (Å²) in [5, 5.41) is 8.78. The van der Waals surface area contributed by atoms with E-state index in [0.717, 1.165) is 51.4 Å². The Kier molecular flexibility index (Phi) is 18.2. The lowest BCUT2D eigenvalue weighted by Crippen LogP contribution is -2.18. The summed E-state index contributed by atoms with van der Waals surface area (Å²) >= 11 is 0. The molecule has 0 saturated heterocycles. The molecule has 0 aromatic carbocycles. The molecule has 0 rings (SSSR count). The molecule has 0 amide bonds. The zero-order chi connectivity index (χ0) is 24.4. The number of carbonyl (C=O) groups excluding carboxylic acids is 1. The van der Waals surface area contributed by atoms with Crippen molar-refractivity contribution in [1.29, 1.82) is 0 Å². The van der Waals surface area contributed by atoms with Gasteiger partial charge in [0, 0.05) is 6.42 Å². The number of unbranched alkanes of at least 4 members (excludes halogenated alkanes) is 2. The molecular formula is C24H47O7P. The first-order chi connectivity index (χ1) is 15.2. The van der Waals surface area contributed by atoms with Crippen molar-refractivity contribution in [3.63, 3.8) is 0 Å². The lowest BCUT2D eigenvalue weighted by molar-refractivity contribution is -0.149. The molecule has 190 valence electrons. The van der Waals surface area contributed by atoms with Crippen LogP contribution in [0.1, 0.15) is 105 Å². The van der Waals surface area contributed by atoms with Crippen molar-refractivity contribution in [2.24, 2.45) is 17.8 Å². The number of hydrogen-bond acceptors (Lipinski definition) is 6. The van der Waals surface area contributed by atoms with Crippen LogP contribution in [-0.2, 0) is 27.7 Å². The molecule has 1 N–H and O–H groups in total. The van der Waals surface area contributed by atoms with Crippen LogP contribution in [0.3, 0.4) is 0 Å². The Balaban J connectivity index is 5.05.